The average Bonchev–Trinajstić information content (AvgIpc) is 2.94. The van der Waals surface area contributed by atoms with Crippen molar-refractivity contribution in [3.8, 4) is 16.9 Å². The molecule has 0 radical (unpaired) electrons. The van der Waals surface area contributed by atoms with Crippen LogP contribution >= 0.6 is 0 Å². The second-order valence-corrected chi connectivity index (χ2v) is 6.93. The minimum Gasteiger partial charge on any atom is -0.478 e. The van der Waals surface area contributed by atoms with Crippen LogP contribution in [0.2, 0.25) is 0 Å². The van der Waals surface area contributed by atoms with Gasteiger partial charge in [-0.1, -0.05) is 13.8 Å². The summed E-state index contributed by atoms with van der Waals surface area (Å²) in [6, 6.07) is 9.58. The molecule has 0 unspecified atom stereocenters. The smallest absolute Gasteiger partial charge is 0.347 e. The van der Waals surface area contributed by atoms with Crippen LogP contribution in [0.15, 0.2) is 42.7 Å². The highest BCUT2D eigenvalue weighted by atomic mass is 16.5. The SMILES string of the molecule is CC(C)c1[nH]c2ccc(OC(C)(C)C(=O)O)cc2c1-c1ccncc1. The summed E-state index contributed by atoms with van der Waals surface area (Å²) in [5, 5.41) is 10.3. The van der Waals surface area contributed by atoms with Crippen molar-refractivity contribution in [1.29, 1.82) is 0 Å². The third kappa shape index (κ3) is 3.22. The molecule has 25 heavy (non-hydrogen) atoms. The van der Waals surface area contributed by atoms with Gasteiger partial charge in [-0.15, -0.1) is 0 Å². The van der Waals surface area contributed by atoms with Crippen molar-refractivity contribution in [2.45, 2.75) is 39.2 Å². The molecule has 0 saturated heterocycles. The molecule has 2 aromatic heterocycles. The molecule has 0 aliphatic rings. The molecular formula is C20H22N2O3. The number of nitrogens with one attached hydrogen (secondary N) is 1. The van der Waals surface area contributed by atoms with Crippen LogP contribution in [0, 0.1) is 0 Å². The highest BCUT2D eigenvalue weighted by molar-refractivity contribution is 5.98. The van der Waals surface area contributed by atoms with E-state index < -0.39 is 11.6 Å². The fraction of sp³-hybridized carbons (Fsp3) is 0.300. The van der Waals surface area contributed by atoms with Gasteiger partial charge in [0.1, 0.15) is 5.75 Å². The van der Waals surface area contributed by atoms with Crippen molar-refractivity contribution in [3.63, 3.8) is 0 Å². The minimum absolute atomic E-state index is 0.315. The molecule has 0 bridgehead atoms. The molecule has 5 nitrogen and oxygen atoms in total. The van der Waals surface area contributed by atoms with Gasteiger partial charge in [-0.3, -0.25) is 4.98 Å². The number of hydrogen-bond acceptors (Lipinski definition) is 3. The third-order valence-corrected chi connectivity index (χ3v) is 4.23. The third-order valence-electron chi connectivity index (χ3n) is 4.23. The first-order valence-electron chi connectivity index (χ1n) is 8.28. The van der Waals surface area contributed by atoms with Gasteiger partial charge in [0.05, 0.1) is 0 Å². The molecule has 0 amide bonds. The molecule has 3 aromatic rings. The molecule has 0 fully saturated rings. The van der Waals surface area contributed by atoms with Gasteiger partial charge in [-0.2, -0.15) is 0 Å². The number of hydrogen-bond donors (Lipinski definition) is 2. The number of benzene rings is 1. The molecule has 5 heteroatoms. The standard InChI is InChI=1S/C20H22N2O3/c1-12(2)18-17(13-7-9-21-10-8-13)15-11-14(5-6-16(15)22-18)25-20(3,4)19(23)24/h5-12,22H,1-4H3,(H,23,24). The van der Waals surface area contributed by atoms with E-state index in [-0.39, 0.29) is 0 Å². The second kappa shape index (κ2) is 6.24. The fourth-order valence-corrected chi connectivity index (χ4v) is 2.86. The number of carboxylic acids is 1. The van der Waals surface area contributed by atoms with Gasteiger partial charge in [0.25, 0.3) is 0 Å². The quantitative estimate of drug-likeness (QED) is 0.713. The minimum atomic E-state index is -1.29. The number of ether oxygens (including phenoxy) is 1. The Labute approximate surface area is 146 Å². The van der Waals surface area contributed by atoms with Gasteiger partial charge < -0.3 is 14.8 Å². The lowest BCUT2D eigenvalue weighted by atomic mass is 9.97. The van der Waals surface area contributed by atoms with Crippen LogP contribution in [0.3, 0.4) is 0 Å². The number of aliphatic carboxylic acids is 1. The van der Waals surface area contributed by atoms with E-state index in [1.165, 1.54) is 0 Å². The van der Waals surface area contributed by atoms with Crippen LogP contribution in [0.1, 0.15) is 39.3 Å². The van der Waals surface area contributed by atoms with Crippen LogP contribution in [-0.4, -0.2) is 26.6 Å². The molecule has 2 N–H and O–H groups in total. The maximum Gasteiger partial charge on any atom is 0.347 e. The summed E-state index contributed by atoms with van der Waals surface area (Å²) in [6.45, 7) is 7.36. The lowest BCUT2D eigenvalue weighted by Crippen LogP contribution is -2.37. The lowest BCUT2D eigenvalue weighted by molar-refractivity contribution is -0.152. The Balaban J connectivity index is 2.17. The summed E-state index contributed by atoms with van der Waals surface area (Å²) in [5.74, 6) is -0.154. The van der Waals surface area contributed by atoms with Crippen LogP contribution in [0.25, 0.3) is 22.0 Å². The molecular weight excluding hydrogens is 316 g/mol. The number of nitrogens with zero attached hydrogens (tertiary/aromatic N) is 1. The molecule has 1 aromatic carbocycles. The first-order valence-corrected chi connectivity index (χ1v) is 8.28. The summed E-state index contributed by atoms with van der Waals surface area (Å²) in [4.78, 5) is 18.9. The van der Waals surface area contributed by atoms with E-state index in [1.54, 1.807) is 32.3 Å². The van der Waals surface area contributed by atoms with Crippen molar-refractivity contribution in [2.24, 2.45) is 0 Å². The Kier molecular flexibility index (Phi) is 4.25. The number of pyridine rings is 1. The van der Waals surface area contributed by atoms with E-state index >= 15 is 0 Å². The first-order chi connectivity index (χ1) is 11.8. The summed E-state index contributed by atoms with van der Waals surface area (Å²) in [5.41, 5.74) is 3.01. The van der Waals surface area contributed by atoms with Crippen molar-refractivity contribution < 1.29 is 14.6 Å². The normalized spacial score (nSPS) is 11.9. The van der Waals surface area contributed by atoms with Gasteiger partial charge in [0.2, 0.25) is 0 Å². The van der Waals surface area contributed by atoms with Crippen LogP contribution < -0.4 is 4.74 Å². The van der Waals surface area contributed by atoms with Gasteiger partial charge in [-0.25, -0.2) is 4.79 Å². The first kappa shape index (κ1) is 17.0. The number of rotatable bonds is 5. The number of fused-ring (bicyclic) bond motifs is 1. The maximum atomic E-state index is 11.3. The van der Waals surface area contributed by atoms with Crippen LogP contribution in [-0.2, 0) is 4.79 Å². The molecule has 0 spiro atoms. The average molecular weight is 338 g/mol. The van der Waals surface area contributed by atoms with E-state index in [0.29, 0.717) is 11.7 Å². The van der Waals surface area contributed by atoms with E-state index in [1.807, 2.05) is 24.3 Å². The summed E-state index contributed by atoms with van der Waals surface area (Å²) >= 11 is 0. The monoisotopic (exact) mass is 338 g/mol. The Bertz CT molecular complexity index is 911. The van der Waals surface area contributed by atoms with Crippen molar-refractivity contribution in [3.05, 3.63) is 48.4 Å². The molecule has 130 valence electrons. The molecule has 0 aliphatic carbocycles. The van der Waals surface area contributed by atoms with Gasteiger partial charge >= 0.3 is 5.97 Å². The zero-order valence-corrected chi connectivity index (χ0v) is 14.8. The lowest BCUT2D eigenvalue weighted by Gasteiger charge is -2.21. The highest BCUT2D eigenvalue weighted by Crippen LogP contribution is 2.38. The van der Waals surface area contributed by atoms with Gasteiger partial charge in [0, 0.05) is 34.6 Å². The summed E-state index contributed by atoms with van der Waals surface area (Å²) < 4.78 is 5.71. The van der Waals surface area contributed by atoms with Crippen LogP contribution in [0.5, 0.6) is 5.75 Å². The molecule has 0 aliphatic heterocycles. The molecule has 0 saturated carbocycles. The largest absolute Gasteiger partial charge is 0.478 e. The summed E-state index contributed by atoms with van der Waals surface area (Å²) in [6.07, 6.45) is 3.54. The van der Waals surface area contributed by atoms with Crippen molar-refractivity contribution in [1.82, 2.24) is 9.97 Å². The number of H-pyrrole nitrogens is 1. The molecule has 2 heterocycles. The van der Waals surface area contributed by atoms with Crippen LogP contribution in [0.4, 0.5) is 0 Å². The zero-order chi connectivity index (χ0) is 18.2. The number of aromatic nitrogens is 2. The number of carboxylic acid groups (broad SMARTS) is 1. The topological polar surface area (TPSA) is 75.2 Å². The fourth-order valence-electron chi connectivity index (χ4n) is 2.86. The van der Waals surface area contributed by atoms with Gasteiger partial charge in [0.15, 0.2) is 5.60 Å². The highest BCUT2D eigenvalue weighted by Gasteiger charge is 2.29. The van der Waals surface area contributed by atoms with E-state index in [4.69, 9.17) is 4.74 Å². The van der Waals surface area contributed by atoms with Crippen molar-refractivity contribution >= 4 is 16.9 Å². The number of aromatic amines is 1. The Morgan fingerprint density at radius 3 is 2.48 bits per heavy atom. The van der Waals surface area contributed by atoms with Gasteiger partial charge in [-0.05, 0) is 55.7 Å². The van der Waals surface area contributed by atoms with E-state index in [2.05, 4.69) is 23.8 Å². The number of carbonyl (C=O) groups is 1. The maximum absolute atomic E-state index is 11.3. The molecule has 0 atom stereocenters. The van der Waals surface area contributed by atoms with E-state index in [9.17, 15) is 9.90 Å². The Morgan fingerprint density at radius 2 is 1.88 bits per heavy atom. The Morgan fingerprint density at radius 1 is 1.20 bits per heavy atom. The predicted molar refractivity (Wildman–Crippen MR) is 98.0 cm³/mol. The predicted octanol–water partition coefficient (Wildman–Crippen LogP) is 4.60. The summed E-state index contributed by atoms with van der Waals surface area (Å²) in [7, 11) is 0. The molecule has 3 rings (SSSR count). The second-order valence-electron chi connectivity index (χ2n) is 6.93. The zero-order valence-electron chi connectivity index (χ0n) is 14.8. The Hall–Kier alpha value is -2.82. The van der Waals surface area contributed by atoms with E-state index in [0.717, 1.165) is 27.7 Å². The van der Waals surface area contributed by atoms with Crippen molar-refractivity contribution in [2.75, 3.05) is 0 Å².